The highest BCUT2D eigenvalue weighted by molar-refractivity contribution is 6.31. The average molecular weight is 549 g/mol. The Morgan fingerprint density at radius 1 is 0.923 bits per heavy atom. The second-order valence-electron chi connectivity index (χ2n) is 7.67. The molecule has 5 nitrogen and oxygen atoms in total. The first-order valence-electron chi connectivity index (χ1n) is 13.1. The van der Waals surface area contributed by atoms with E-state index >= 15 is 0 Å². The topological polar surface area (TPSA) is 79.3 Å². The van der Waals surface area contributed by atoms with Crippen molar-refractivity contribution in [1.82, 2.24) is 4.98 Å². The lowest BCUT2D eigenvalue weighted by molar-refractivity contribution is -0.136. The highest BCUT2D eigenvalue weighted by Crippen LogP contribution is 2.27. The van der Waals surface area contributed by atoms with E-state index in [2.05, 4.69) is 35.4 Å². The Bertz CT molecular complexity index is 1290. The van der Waals surface area contributed by atoms with E-state index in [1.165, 1.54) is 17.2 Å². The van der Waals surface area contributed by atoms with Crippen LogP contribution in [0.2, 0.25) is 5.02 Å². The lowest BCUT2D eigenvalue weighted by Crippen LogP contribution is -1.92. The highest BCUT2D eigenvalue weighted by atomic mass is 35.5. The van der Waals surface area contributed by atoms with Crippen molar-refractivity contribution in [2.24, 2.45) is 0 Å². The molecular weight excluding hydrogens is 508 g/mol. The lowest BCUT2D eigenvalue weighted by Gasteiger charge is -2.10. The third-order valence-corrected chi connectivity index (χ3v) is 4.98. The number of anilines is 2. The Labute approximate surface area is 238 Å². The fourth-order valence-corrected chi connectivity index (χ4v) is 3.10. The van der Waals surface area contributed by atoms with Gasteiger partial charge in [0.2, 0.25) is 0 Å². The van der Waals surface area contributed by atoms with E-state index in [0.29, 0.717) is 5.02 Å². The number of halogens is 1. The smallest absolute Gasteiger partial charge is 0.303 e. The van der Waals surface area contributed by atoms with Gasteiger partial charge in [0.1, 0.15) is 6.29 Å². The minimum absolute atomic E-state index is 0.222. The molecule has 6 heteroatoms. The molecule has 0 fully saturated rings. The van der Waals surface area contributed by atoms with E-state index in [0.717, 1.165) is 34.1 Å². The van der Waals surface area contributed by atoms with Crippen molar-refractivity contribution in [2.75, 3.05) is 5.32 Å². The van der Waals surface area contributed by atoms with Crippen LogP contribution >= 0.6 is 11.6 Å². The molecule has 1 heterocycles. The first kappa shape index (κ1) is 35.0. The number of benzene rings is 3. The number of aryl methyl sites for hydroxylation is 2. The van der Waals surface area contributed by atoms with Gasteiger partial charge >= 0.3 is 5.97 Å². The Morgan fingerprint density at radius 3 is 2.13 bits per heavy atom. The summed E-state index contributed by atoms with van der Waals surface area (Å²) in [7, 11) is 0. The van der Waals surface area contributed by atoms with E-state index in [-0.39, 0.29) is 6.42 Å². The molecule has 0 spiro atoms. The summed E-state index contributed by atoms with van der Waals surface area (Å²) < 4.78 is 0. The number of nitrogens with zero attached hydrogens (tertiary/aromatic N) is 1. The van der Waals surface area contributed by atoms with Crippen LogP contribution in [0.15, 0.2) is 85.1 Å². The summed E-state index contributed by atoms with van der Waals surface area (Å²) in [6.07, 6.45) is 6.06. The minimum atomic E-state index is -0.745. The lowest BCUT2D eigenvalue weighted by atomic mass is 10.1. The molecule has 0 aliphatic heterocycles. The van der Waals surface area contributed by atoms with E-state index in [9.17, 15) is 9.59 Å². The van der Waals surface area contributed by atoms with Gasteiger partial charge in [-0.3, -0.25) is 14.6 Å². The SMILES string of the molecule is CC.CC.CCC(=O)O.Cc1ccc(/C=C/C=O)cc1.Cc1cccc(Nc2ccnc3cc(Cl)ccc23)c1. The number of carboxylic acids is 1. The number of carbonyl (C=O) groups excluding carboxylic acids is 1. The molecule has 4 rings (SSSR count). The van der Waals surface area contributed by atoms with Crippen LogP contribution in [0.3, 0.4) is 0 Å². The van der Waals surface area contributed by atoms with Gasteiger partial charge in [-0.1, -0.05) is 94.3 Å². The molecule has 208 valence electrons. The molecule has 0 bridgehead atoms. The van der Waals surface area contributed by atoms with Gasteiger partial charge in [0.05, 0.1) is 5.52 Å². The van der Waals surface area contributed by atoms with Crippen LogP contribution in [-0.4, -0.2) is 22.3 Å². The molecule has 2 N–H and O–H groups in total. The zero-order valence-electron chi connectivity index (χ0n) is 24.0. The molecule has 0 saturated heterocycles. The van der Waals surface area contributed by atoms with Gasteiger partial charge in [-0.15, -0.1) is 0 Å². The predicted octanol–water partition coefficient (Wildman–Crippen LogP) is 9.68. The summed E-state index contributed by atoms with van der Waals surface area (Å²) >= 11 is 5.99. The molecule has 1 aromatic heterocycles. The zero-order valence-corrected chi connectivity index (χ0v) is 24.8. The van der Waals surface area contributed by atoms with Gasteiger partial charge in [-0.25, -0.2) is 0 Å². The second kappa shape index (κ2) is 21.0. The van der Waals surface area contributed by atoms with Gasteiger partial charge in [-0.2, -0.15) is 0 Å². The average Bonchev–Trinajstić information content (AvgIpc) is 2.95. The fraction of sp³-hybridized carbons (Fsp3) is 0.242. The maximum Gasteiger partial charge on any atom is 0.303 e. The number of carboxylic acid groups (broad SMARTS) is 1. The van der Waals surface area contributed by atoms with Crippen LogP contribution in [-0.2, 0) is 9.59 Å². The maximum atomic E-state index is 9.96. The Hall–Kier alpha value is -3.96. The molecule has 3 aromatic carbocycles. The third kappa shape index (κ3) is 14.5. The van der Waals surface area contributed by atoms with Crippen LogP contribution in [0.4, 0.5) is 11.4 Å². The molecule has 4 aromatic rings. The van der Waals surface area contributed by atoms with Crippen molar-refractivity contribution < 1.29 is 14.7 Å². The van der Waals surface area contributed by atoms with Crippen LogP contribution in [0, 0.1) is 13.8 Å². The summed E-state index contributed by atoms with van der Waals surface area (Å²) in [6, 6.07) is 24.0. The molecule has 0 unspecified atom stereocenters. The second-order valence-corrected chi connectivity index (χ2v) is 8.10. The van der Waals surface area contributed by atoms with Crippen LogP contribution in [0.5, 0.6) is 0 Å². The molecule has 39 heavy (non-hydrogen) atoms. The molecule has 0 radical (unpaired) electrons. The van der Waals surface area contributed by atoms with E-state index in [4.69, 9.17) is 16.7 Å². The number of nitrogens with one attached hydrogen (secondary N) is 1. The van der Waals surface area contributed by atoms with Gasteiger partial charge in [0.15, 0.2) is 0 Å². The Balaban J connectivity index is 0.000000614. The largest absolute Gasteiger partial charge is 0.481 e. The zero-order chi connectivity index (χ0) is 29.6. The number of aldehydes is 1. The standard InChI is InChI=1S/C16H13ClN2.C10H10O.C3H6O2.2C2H6/c1-11-3-2-4-13(9-11)19-15-7-8-18-16-10-12(17)5-6-14(15)16;1-9-4-6-10(7-5-9)3-2-8-11;1-2-3(4)5;2*1-2/h2-10H,1H3,(H,18,19);2-8H,1H3;2H2,1H3,(H,4,5);2*1-2H3/b;3-2+;;;. The third-order valence-electron chi connectivity index (χ3n) is 4.75. The minimum Gasteiger partial charge on any atom is -0.481 e. The maximum absolute atomic E-state index is 9.96. The number of carbonyl (C=O) groups is 2. The van der Waals surface area contributed by atoms with Gasteiger partial charge in [0, 0.05) is 34.4 Å². The summed E-state index contributed by atoms with van der Waals surface area (Å²) in [5, 5.41) is 12.9. The van der Waals surface area contributed by atoms with E-state index in [1.807, 2.05) is 89.2 Å². The van der Waals surface area contributed by atoms with Crippen molar-refractivity contribution in [3.63, 3.8) is 0 Å². The summed E-state index contributed by atoms with van der Waals surface area (Å²) in [4.78, 5) is 23.7. The van der Waals surface area contributed by atoms with Crippen LogP contribution in [0.25, 0.3) is 17.0 Å². The molecule has 0 aliphatic carbocycles. The van der Waals surface area contributed by atoms with Crippen molar-refractivity contribution >= 4 is 52.2 Å². The quantitative estimate of drug-likeness (QED) is 0.192. The fourth-order valence-electron chi connectivity index (χ4n) is 2.94. The number of aliphatic carboxylic acids is 1. The first-order chi connectivity index (χ1) is 18.8. The summed E-state index contributed by atoms with van der Waals surface area (Å²) in [5.41, 5.74) is 6.52. The van der Waals surface area contributed by atoms with Gasteiger partial charge < -0.3 is 10.4 Å². The van der Waals surface area contributed by atoms with Gasteiger partial charge in [0.25, 0.3) is 0 Å². The van der Waals surface area contributed by atoms with E-state index < -0.39 is 5.97 Å². The van der Waals surface area contributed by atoms with Crippen LogP contribution < -0.4 is 5.32 Å². The van der Waals surface area contributed by atoms with Crippen molar-refractivity contribution in [2.45, 2.75) is 54.9 Å². The van der Waals surface area contributed by atoms with Crippen molar-refractivity contribution in [3.8, 4) is 0 Å². The van der Waals surface area contributed by atoms with Gasteiger partial charge in [-0.05, 0) is 67.4 Å². The number of hydrogen-bond acceptors (Lipinski definition) is 4. The number of fused-ring (bicyclic) bond motifs is 1. The van der Waals surface area contributed by atoms with Crippen LogP contribution in [0.1, 0.15) is 57.7 Å². The molecule has 0 saturated carbocycles. The predicted molar refractivity (Wildman–Crippen MR) is 168 cm³/mol. The van der Waals surface area contributed by atoms with Crippen molar-refractivity contribution in [1.29, 1.82) is 0 Å². The van der Waals surface area contributed by atoms with Crippen molar-refractivity contribution in [3.05, 3.63) is 107 Å². The van der Waals surface area contributed by atoms with E-state index in [1.54, 1.807) is 19.2 Å². The first-order valence-corrected chi connectivity index (χ1v) is 13.5. The number of pyridine rings is 1. The number of hydrogen-bond donors (Lipinski definition) is 2. The molecule has 0 aliphatic rings. The molecule has 0 atom stereocenters. The number of aromatic nitrogens is 1. The molecule has 0 amide bonds. The Kier molecular flexibility index (Phi) is 18.9. The Morgan fingerprint density at radius 2 is 1.56 bits per heavy atom. The number of allylic oxidation sites excluding steroid dienone is 1. The molecular formula is C33H41ClN2O3. The normalized spacial score (nSPS) is 9.33. The highest BCUT2D eigenvalue weighted by Gasteiger charge is 2.03. The summed E-state index contributed by atoms with van der Waals surface area (Å²) in [6.45, 7) is 13.7. The number of rotatable bonds is 5. The monoisotopic (exact) mass is 548 g/mol. The summed E-state index contributed by atoms with van der Waals surface area (Å²) in [5.74, 6) is -0.745.